The highest BCUT2D eigenvalue weighted by atomic mass is 16.5. The molecule has 154 valence electrons. The van der Waals surface area contributed by atoms with Crippen LogP contribution < -0.4 is 19.7 Å². The maximum Gasteiger partial charge on any atom is 0.255 e. The van der Waals surface area contributed by atoms with Crippen LogP contribution in [0.5, 0.6) is 11.5 Å². The molecular weight excluding hydrogens is 384 g/mol. The molecule has 0 radical (unpaired) electrons. The number of nitrogens with zero attached hydrogens (tertiary/aromatic N) is 1. The van der Waals surface area contributed by atoms with Crippen molar-refractivity contribution in [1.82, 2.24) is 0 Å². The van der Waals surface area contributed by atoms with Crippen molar-refractivity contribution in [2.75, 3.05) is 24.4 Å². The summed E-state index contributed by atoms with van der Waals surface area (Å²) in [5.41, 5.74) is 1.23. The third-order valence-electron chi connectivity index (χ3n) is 5.53. The van der Waals surface area contributed by atoms with Crippen LogP contribution in [0.3, 0.4) is 0 Å². The van der Waals surface area contributed by atoms with Crippen molar-refractivity contribution in [3.05, 3.63) is 60.2 Å². The topological polar surface area (TPSA) is 84.9 Å². The van der Waals surface area contributed by atoms with Crippen LogP contribution in [0.15, 0.2) is 54.6 Å². The number of allylic oxidation sites excluding steroid dienone is 2. The van der Waals surface area contributed by atoms with E-state index in [-0.39, 0.29) is 29.6 Å². The van der Waals surface area contributed by atoms with E-state index in [0.29, 0.717) is 41.3 Å². The Morgan fingerprint density at radius 1 is 0.967 bits per heavy atom. The third-order valence-corrected chi connectivity index (χ3v) is 5.53. The van der Waals surface area contributed by atoms with Crippen LogP contribution in [0.1, 0.15) is 23.2 Å². The quantitative estimate of drug-likeness (QED) is 0.608. The van der Waals surface area contributed by atoms with Crippen molar-refractivity contribution >= 4 is 29.1 Å². The molecule has 4 rings (SSSR count). The van der Waals surface area contributed by atoms with E-state index < -0.39 is 0 Å². The monoisotopic (exact) mass is 406 g/mol. The zero-order valence-electron chi connectivity index (χ0n) is 16.8. The summed E-state index contributed by atoms with van der Waals surface area (Å²) in [6.45, 7) is 0. The first kappa shape index (κ1) is 19.7. The number of hydrogen-bond donors (Lipinski definition) is 1. The molecule has 30 heavy (non-hydrogen) atoms. The highest BCUT2D eigenvalue weighted by Crippen LogP contribution is 2.38. The lowest BCUT2D eigenvalue weighted by molar-refractivity contribution is -0.122. The minimum absolute atomic E-state index is 0.205. The Bertz CT molecular complexity index is 1020. The highest BCUT2D eigenvalue weighted by Gasteiger charge is 2.47. The summed E-state index contributed by atoms with van der Waals surface area (Å²) in [7, 11) is 3.05. The predicted molar refractivity (Wildman–Crippen MR) is 112 cm³/mol. The van der Waals surface area contributed by atoms with Crippen LogP contribution >= 0.6 is 0 Å². The number of ether oxygens (including phenoxy) is 2. The Kier molecular flexibility index (Phi) is 5.27. The van der Waals surface area contributed by atoms with Crippen molar-refractivity contribution in [1.29, 1.82) is 0 Å². The van der Waals surface area contributed by atoms with Crippen molar-refractivity contribution in [2.45, 2.75) is 12.8 Å². The van der Waals surface area contributed by atoms with Crippen LogP contribution in [0.2, 0.25) is 0 Å². The number of hydrogen-bond acceptors (Lipinski definition) is 5. The molecule has 0 saturated carbocycles. The largest absolute Gasteiger partial charge is 0.497 e. The van der Waals surface area contributed by atoms with Crippen LogP contribution in [0, 0.1) is 11.8 Å². The third kappa shape index (κ3) is 3.43. The molecule has 1 heterocycles. The second-order valence-electron chi connectivity index (χ2n) is 7.24. The minimum atomic E-state index is -0.376. The van der Waals surface area contributed by atoms with Crippen molar-refractivity contribution in [3.8, 4) is 11.5 Å². The van der Waals surface area contributed by atoms with Crippen LogP contribution in [0.4, 0.5) is 11.4 Å². The van der Waals surface area contributed by atoms with Crippen molar-refractivity contribution < 1.29 is 23.9 Å². The van der Waals surface area contributed by atoms with E-state index in [1.807, 2.05) is 12.2 Å². The average Bonchev–Trinajstić information content (AvgIpc) is 3.04. The molecule has 1 fully saturated rings. The smallest absolute Gasteiger partial charge is 0.255 e. The first-order valence-corrected chi connectivity index (χ1v) is 9.69. The number of anilines is 2. The number of rotatable bonds is 5. The van der Waals surface area contributed by atoms with Gasteiger partial charge >= 0.3 is 0 Å². The van der Waals surface area contributed by atoms with Gasteiger partial charge in [0.05, 0.1) is 37.4 Å². The number of benzene rings is 2. The molecule has 0 aromatic heterocycles. The zero-order chi connectivity index (χ0) is 21.3. The van der Waals surface area contributed by atoms with Gasteiger partial charge in [-0.1, -0.05) is 18.2 Å². The van der Waals surface area contributed by atoms with E-state index >= 15 is 0 Å². The molecule has 0 spiro atoms. The molecule has 2 aliphatic rings. The van der Waals surface area contributed by atoms with Gasteiger partial charge in [-0.05, 0) is 43.2 Å². The fourth-order valence-corrected chi connectivity index (χ4v) is 3.94. The second kappa shape index (κ2) is 8.02. The lowest BCUT2D eigenvalue weighted by atomic mass is 9.85. The van der Waals surface area contributed by atoms with E-state index in [0.717, 1.165) is 0 Å². The minimum Gasteiger partial charge on any atom is -0.497 e. The van der Waals surface area contributed by atoms with Gasteiger partial charge in [-0.2, -0.15) is 0 Å². The van der Waals surface area contributed by atoms with Gasteiger partial charge < -0.3 is 14.8 Å². The number of methoxy groups -OCH3 is 2. The number of fused-ring (bicyclic) bond motifs is 1. The fourth-order valence-electron chi connectivity index (χ4n) is 3.94. The van der Waals surface area contributed by atoms with E-state index in [1.54, 1.807) is 49.6 Å². The first-order chi connectivity index (χ1) is 14.5. The summed E-state index contributed by atoms with van der Waals surface area (Å²) in [4.78, 5) is 39.7. The fraction of sp³-hybridized carbons (Fsp3) is 0.261. The second-order valence-corrected chi connectivity index (χ2v) is 7.24. The lowest BCUT2D eigenvalue weighted by Gasteiger charge is -2.16. The zero-order valence-corrected chi connectivity index (χ0v) is 16.8. The van der Waals surface area contributed by atoms with Crippen LogP contribution in [-0.4, -0.2) is 31.9 Å². The summed E-state index contributed by atoms with van der Waals surface area (Å²) in [6.07, 6.45) is 5.04. The summed E-state index contributed by atoms with van der Waals surface area (Å²) in [5.74, 6) is -0.354. The number of nitrogens with one attached hydrogen (secondary N) is 1. The molecule has 2 aromatic carbocycles. The van der Waals surface area contributed by atoms with E-state index in [4.69, 9.17) is 9.47 Å². The Hall–Kier alpha value is -3.61. The number of amides is 3. The Morgan fingerprint density at radius 3 is 2.30 bits per heavy atom. The standard InChI is InChI=1S/C23H22N2O5/c1-29-16-10-11-19(20(13-16)30-2)24-21(26)14-6-5-7-15(12-14)25-22(27)17-8-3-4-9-18(17)23(25)28/h3-7,10-13,17-18H,8-9H2,1-2H3,(H,24,26)/t17-,18-/m1/s1. The van der Waals surface area contributed by atoms with Gasteiger partial charge in [0.15, 0.2) is 0 Å². The van der Waals surface area contributed by atoms with E-state index in [9.17, 15) is 14.4 Å². The van der Waals surface area contributed by atoms with Crippen LogP contribution in [0.25, 0.3) is 0 Å². The van der Waals surface area contributed by atoms with Gasteiger partial charge in [-0.15, -0.1) is 0 Å². The molecule has 1 aliphatic heterocycles. The Labute approximate surface area is 174 Å². The molecular formula is C23H22N2O5. The summed E-state index contributed by atoms with van der Waals surface area (Å²) in [5, 5.41) is 2.80. The van der Waals surface area contributed by atoms with Gasteiger partial charge in [-0.25, -0.2) is 0 Å². The number of carbonyl (C=O) groups is 3. The van der Waals surface area contributed by atoms with Gasteiger partial charge in [0.1, 0.15) is 11.5 Å². The van der Waals surface area contributed by atoms with E-state index in [2.05, 4.69) is 5.32 Å². The molecule has 0 unspecified atom stereocenters. The van der Waals surface area contributed by atoms with Gasteiger partial charge in [0.25, 0.3) is 5.91 Å². The summed E-state index contributed by atoms with van der Waals surface area (Å²) >= 11 is 0. The molecule has 1 aliphatic carbocycles. The molecule has 3 amide bonds. The van der Waals surface area contributed by atoms with Gasteiger partial charge in [-0.3, -0.25) is 19.3 Å². The molecule has 7 heteroatoms. The van der Waals surface area contributed by atoms with E-state index in [1.165, 1.54) is 12.0 Å². The van der Waals surface area contributed by atoms with Gasteiger partial charge in [0, 0.05) is 11.6 Å². The predicted octanol–water partition coefficient (Wildman–Crippen LogP) is 3.41. The molecule has 0 bridgehead atoms. The van der Waals surface area contributed by atoms with Crippen molar-refractivity contribution in [3.63, 3.8) is 0 Å². The first-order valence-electron chi connectivity index (χ1n) is 9.69. The number of carbonyl (C=O) groups excluding carboxylic acids is 3. The number of imide groups is 1. The van der Waals surface area contributed by atoms with Gasteiger partial charge in [0.2, 0.25) is 11.8 Å². The average molecular weight is 406 g/mol. The Morgan fingerprint density at radius 2 is 1.67 bits per heavy atom. The summed E-state index contributed by atoms with van der Waals surface area (Å²) in [6, 6.07) is 11.6. The van der Waals surface area contributed by atoms with Crippen molar-refractivity contribution in [2.24, 2.45) is 11.8 Å². The molecule has 1 N–H and O–H groups in total. The Balaban J connectivity index is 1.57. The molecule has 7 nitrogen and oxygen atoms in total. The van der Waals surface area contributed by atoms with Crippen LogP contribution in [-0.2, 0) is 9.59 Å². The maximum atomic E-state index is 12.8. The molecule has 1 saturated heterocycles. The molecule has 2 atom stereocenters. The molecule has 2 aromatic rings. The highest BCUT2D eigenvalue weighted by molar-refractivity contribution is 6.22. The summed E-state index contributed by atoms with van der Waals surface area (Å²) < 4.78 is 10.5. The maximum absolute atomic E-state index is 12.8. The lowest BCUT2D eigenvalue weighted by Crippen LogP contribution is -2.31. The normalized spacial score (nSPS) is 20.1. The SMILES string of the molecule is COc1ccc(NC(=O)c2cccc(N3C(=O)[C@@H]4CC=CC[C@H]4C3=O)c2)c(OC)c1.